The van der Waals surface area contributed by atoms with Gasteiger partial charge in [0.15, 0.2) is 5.60 Å². The van der Waals surface area contributed by atoms with E-state index in [1.54, 1.807) is 116 Å². The highest BCUT2D eigenvalue weighted by Crippen LogP contribution is 2.69. The van der Waals surface area contributed by atoms with Crippen molar-refractivity contribution in [2.45, 2.75) is 247 Å². The van der Waals surface area contributed by atoms with Crippen molar-refractivity contribution < 1.29 is 71.8 Å². The van der Waals surface area contributed by atoms with E-state index in [2.05, 4.69) is 46.0 Å². The van der Waals surface area contributed by atoms with Gasteiger partial charge in [-0.2, -0.15) is 0 Å². The van der Waals surface area contributed by atoms with Crippen molar-refractivity contribution in [1.29, 1.82) is 0 Å². The molecule has 0 spiro atoms. The Hall–Kier alpha value is -6.13. The average Bonchev–Trinajstić information content (AvgIpc) is 1.06. The average molecular weight is 1280 g/mol. The first kappa shape index (κ1) is 69.7. The second-order valence-electron chi connectivity index (χ2n) is 31.9. The number of esters is 5. The molecule has 16 heteroatoms. The minimum absolute atomic E-state index is 0.0597. The SMILES string of the molecule is CC(=O)O[C@@]12CO[C@@H]1C[C@H](C)[C@@]1(C)C(=O)[C@H](C)C3=C(C)[C@@H](OC(=O)[C@H](OC(=O)/C=C/CC(=O)O[C@H]4CC[C@@]5(C)C(=CCC6C5CC[C@@]5(C)C6CC[C@@H]5[C@H](C)CCCC(C)C)C4)[C@@H](NC(=O)OC(C)(C)C)c4ccccc4)C[C@@](O)([C@@H](OC(=O)c4ccccc4)[C@H]21)C3(C)C. The molecule has 1 aliphatic heterocycles. The molecule has 1 amide bonds. The minimum Gasteiger partial charge on any atom is -0.462 e. The third-order valence-corrected chi connectivity index (χ3v) is 24.7. The van der Waals surface area contributed by atoms with Crippen LogP contribution in [0.2, 0.25) is 0 Å². The molecule has 3 unspecified atom stereocenters. The molecule has 2 aromatic carbocycles. The lowest BCUT2D eigenvalue weighted by Gasteiger charge is -2.68. The summed E-state index contributed by atoms with van der Waals surface area (Å²) in [7, 11) is 0. The summed E-state index contributed by atoms with van der Waals surface area (Å²) < 4.78 is 43.7. The van der Waals surface area contributed by atoms with Crippen LogP contribution in [0.3, 0.4) is 0 Å². The van der Waals surface area contributed by atoms with Crippen LogP contribution in [0, 0.1) is 74.9 Å². The number of alkyl carbamates (subject to hydrolysis) is 1. The number of aliphatic hydroxyl groups is 1. The highest BCUT2D eigenvalue weighted by atomic mass is 16.6. The molecular formula is C77H105NO15. The number of allylic oxidation sites excluding steroid dienone is 1. The largest absolute Gasteiger partial charge is 0.462 e. The summed E-state index contributed by atoms with van der Waals surface area (Å²) in [5.41, 5.74) is -4.32. The van der Waals surface area contributed by atoms with Crippen LogP contribution >= 0.6 is 0 Å². The Morgan fingerprint density at radius 1 is 0.849 bits per heavy atom. The van der Waals surface area contributed by atoms with Gasteiger partial charge in [-0.3, -0.25) is 14.4 Å². The first-order chi connectivity index (χ1) is 43.7. The molecule has 8 aliphatic rings. The summed E-state index contributed by atoms with van der Waals surface area (Å²) in [4.78, 5) is 101. The van der Waals surface area contributed by atoms with Crippen molar-refractivity contribution in [2.24, 2.45) is 74.9 Å². The first-order valence-electron chi connectivity index (χ1n) is 34.8. The number of carbonyl (C=O) groups is 7. The van der Waals surface area contributed by atoms with Gasteiger partial charge in [-0.05, 0) is 160 Å². The van der Waals surface area contributed by atoms with Gasteiger partial charge in [0.05, 0.1) is 24.5 Å². The third-order valence-electron chi connectivity index (χ3n) is 24.7. The van der Waals surface area contributed by atoms with Gasteiger partial charge < -0.3 is 43.6 Å². The molecule has 2 bridgehead atoms. The van der Waals surface area contributed by atoms with E-state index in [0.29, 0.717) is 46.8 Å². The summed E-state index contributed by atoms with van der Waals surface area (Å²) in [6.45, 7) is 29.1. The molecular weight excluding hydrogens is 1180 g/mol. The Balaban J connectivity index is 0.904. The van der Waals surface area contributed by atoms with Crippen molar-refractivity contribution in [3.8, 4) is 0 Å². The van der Waals surface area contributed by atoms with Crippen molar-refractivity contribution in [1.82, 2.24) is 5.32 Å². The van der Waals surface area contributed by atoms with Crippen LogP contribution in [0.15, 0.2) is 95.6 Å². The maximum atomic E-state index is 15.8. The topological polar surface area (TPSA) is 216 Å². The third kappa shape index (κ3) is 13.0. The Bertz CT molecular complexity index is 3250. The number of hydrogen-bond donors (Lipinski definition) is 2. The second kappa shape index (κ2) is 26.5. The van der Waals surface area contributed by atoms with E-state index in [1.165, 1.54) is 63.5 Å². The van der Waals surface area contributed by atoms with Crippen LogP contribution < -0.4 is 5.32 Å². The van der Waals surface area contributed by atoms with Crippen LogP contribution in [0.4, 0.5) is 4.79 Å². The number of fused-ring (bicyclic) bond motifs is 10. The predicted octanol–water partition coefficient (Wildman–Crippen LogP) is 14.3. The fourth-order valence-corrected chi connectivity index (χ4v) is 19.9. The monoisotopic (exact) mass is 1280 g/mol. The summed E-state index contributed by atoms with van der Waals surface area (Å²) in [6, 6.07) is 15.2. The van der Waals surface area contributed by atoms with Gasteiger partial charge >= 0.3 is 35.9 Å². The smallest absolute Gasteiger partial charge is 0.408 e. The Morgan fingerprint density at radius 3 is 2.18 bits per heavy atom. The van der Waals surface area contributed by atoms with Gasteiger partial charge in [0, 0.05) is 42.6 Å². The molecule has 2 aromatic rings. The molecule has 93 heavy (non-hydrogen) atoms. The number of ether oxygens (including phenoxy) is 7. The quantitative estimate of drug-likeness (QED) is 0.0614. The zero-order valence-corrected chi connectivity index (χ0v) is 57.9. The number of hydrogen-bond acceptors (Lipinski definition) is 15. The van der Waals surface area contributed by atoms with Crippen molar-refractivity contribution in [3.05, 3.63) is 107 Å². The molecule has 508 valence electrons. The minimum atomic E-state index is -2.20. The highest BCUT2D eigenvalue weighted by Gasteiger charge is 2.77. The van der Waals surface area contributed by atoms with E-state index >= 15 is 9.59 Å². The lowest BCUT2D eigenvalue weighted by molar-refractivity contribution is -0.339. The molecule has 2 N–H and O–H groups in total. The molecule has 1 saturated heterocycles. The molecule has 0 radical (unpaired) electrons. The fourth-order valence-electron chi connectivity index (χ4n) is 19.9. The first-order valence-corrected chi connectivity index (χ1v) is 34.8. The van der Waals surface area contributed by atoms with Crippen molar-refractivity contribution >= 4 is 41.7 Å². The summed E-state index contributed by atoms with van der Waals surface area (Å²) in [6.07, 6.45) is 10.1. The number of rotatable bonds is 18. The van der Waals surface area contributed by atoms with Crippen LogP contribution in [0.25, 0.3) is 0 Å². The Morgan fingerprint density at radius 2 is 1.54 bits per heavy atom. The Labute approximate surface area is 551 Å². The standard InChI is InChI=1S/C77H105NO15/c1-44(2)24-22-25-45(3)55-34-35-56-54-33-32-52-41-53(36-38-73(52,13)57(54)37-39-74(55,56)14)88-60(80)30-23-31-61(81)90-64(63(50-26-18-16-19-27-50)78-70(85)93-71(8,9)10)69(84)89-58-42-77(86)67(91-68(83)51-28-20-17-21-29-51)65-75(15,66(82)48(6)62(47(58)5)72(77,11)12)46(4)40-59-76(65,43-87-59)92-49(7)79/h16-21,23,26-29,31-32,44-46,48,53-59,63-65,67,86H,22,24-25,30,33-43H2,1-15H3,(H,78,85)/b31-23+/t45-,46+,48-,53+,54?,55-,56?,57?,58+,59-,63+,64-,65+,67+,73+,74-,75-,76+,77-/m1/s1. The summed E-state index contributed by atoms with van der Waals surface area (Å²) >= 11 is 0. The fraction of sp³-hybridized carbons (Fsp3) is 0.675. The zero-order valence-electron chi connectivity index (χ0n) is 57.9. The predicted molar refractivity (Wildman–Crippen MR) is 350 cm³/mol. The number of carbonyl (C=O) groups excluding carboxylic acids is 7. The van der Waals surface area contributed by atoms with E-state index in [1.807, 2.05) is 6.92 Å². The number of ketones is 1. The van der Waals surface area contributed by atoms with Crippen molar-refractivity contribution in [2.75, 3.05) is 6.61 Å². The normalized spacial score (nSPS) is 36.0. The molecule has 7 aliphatic carbocycles. The number of nitrogens with one attached hydrogen (secondary N) is 1. The van der Waals surface area contributed by atoms with Gasteiger partial charge in [-0.25, -0.2) is 19.2 Å². The van der Waals surface area contributed by atoms with Gasteiger partial charge in [-0.1, -0.05) is 155 Å². The summed E-state index contributed by atoms with van der Waals surface area (Å²) in [5.74, 6) is -2.71. The van der Waals surface area contributed by atoms with Gasteiger partial charge in [0.25, 0.3) is 0 Å². The van der Waals surface area contributed by atoms with Gasteiger partial charge in [0.1, 0.15) is 47.4 Å². The maximum absolute atomic E-state index is 15.8. The molecule has 16 nitrogen and oxygen atoms in total. The molecule has 6 fully saturated rings. The molecule has 0 aromatic heterocycles. The summed E-state index contributed by atoms with van der Waals surface area (Å²) in [5, 5.41) is 16.9. The molecule has 1 heterocycles. The second-order valence-corrected chi connectivity index (χ2v) is 31.9. The van der Waals surface area contributed by atoms with E-state index in [0.717, 1.165) is 49.0 Å². The van der Waals surface area contributed by atoms with E-state index in [-0.39, 0.29) is 35.9 Å². The van der Waals surface area contributed by atoms with Crippen LogP contribution in [0.5, 0.6) is 0 Å². The number of amides is 1. The molecule has 5 saturated carbocycles. The molecule has 10 rings (SSSR count). The van der Waals surface area contributed by atoms with Crippen molar-refractivity contribution in [3.63, 3.8) is 0 Å². The van der Waals surface area contributed by atoms with E-state index in [9.17, 15) is 29.1 Å². The highest BCUT2D eigenvalue weighted by molar-refractivity contribution is 5.92. The van der Waals surface area contributed by atoms with E-state index in [4.69, 9.17) is 33.2 Å². The Kier molecular flexibility index (Phi) is 19.8. The van der Waals surface area contributed by atoms with E-state index < -0.39 is 118 Å². The van der Waals surface area contributed by atoms with Crippen LogP contribution in [-0.2, 0) is 57.1 Å². The lowest BCUT2D eigenvalue weighted by atomic mass is 9.42. The number of benzene rings is 2. The van der Waals surface area contributed by atoms with Gasteiger partial charge in [-0.15, -0.1) is 0 Å². The molecule has 19 atom stereocenters. The lowest BCUT2D eigenvalue weighted by Crippen LogP contribution is -2.80. The van der Waals surface area contributed by atoms with Crippen LogP contribution in [0.1, 0.15) is 216 Å². The van der Waals surface area contributed by atoms with Gasteiger partial charge in [0.2, 0.25) is 6.10 Å². The van der Waals surface area contributed by atoms with Crippen LogP contribution in [-0.4, -0.2) is 101 Å². The zero-order chi connectivity index (χ0) is 67.5. The number of Topliss-reactive ketones (excluding diaryl/α,β-unsaturated/α-hetero) is 1. The maximum Gasteiger partial charge on any atom is 0.408 e.